The van der Waals surface area contributed by atoms with Crippen LogP contribution >= 0.6 is 0 Å². The van der Waals surface area contributed by atoms with Crippen molar-refractivity contribution in [2.24, 2.45) is 0 Å². The van der Waals surface area contributed by atoms with Gasteiger partial charge in [-0.1, -0.05) is 0 Å². The van der Waals surface area contributed by atoms with Gasteiger partial charge in [0.05, 0.1) is 17.3 Å². The van der Waals surface area contributed by atoms with Gasteiger partial charge in [0.2, 0.25) is 5.95 Å². The Bertz CT molecular complexity index is 475. The summed E-state index contributed by atoms with van der Waals surface area (Å²) < 4.78 is 1.53. The van der Waals surface area contributed by atoms with Crippen molar-refractivity contribution in [3.8, 4) is 0 Å². The molecule has 5 heteroatoms. The van der Waals surface area contributed by atoms with Gasteiger partial charge in [0, 0.05) is 6.20 Å². The van der Waals surface area contributed by atoms with Crippen LogP contribution in [0.1, 0.15) is 10.4 Å². The van der Waals surface area contributed by atoms with Crippen LogP contribution in [0.25, 0.3) is 5.52 Å². The lowest BCUT2D eigenvalue weighted by Gasteiger charge is -1.98. The molecule has 2 heterocycles. The number of carboxylic acids is 1. The van der Waals surface area contributed by atoms with E-state index in [1.807, 2.05) is 0 Å². The van der Waals surface area contributed by atoms with Gasteiger partial charge < -0.3 is 10.8 Å². The van der Waals surface area contributed by atoms with Crippen molar-refractivity contribution in [3.05, 3.63) is 30.1 Å². The zero-order valence-electron chi connectivity index (χ0n) is 6.64. The van der Waals surface area contributed by atoms with Crippen molar-refractivity contribution >= 4 is 17.4 Å². The van der Waals surface area contributed by atoms with E-state index < -0.39 is 5.97 Å². The number of rotatable bonds is 1. The topological polar surface area (TPSA) is 80.6 Å². The molecule has 0 aliphatic rings. The fourth-order valence-corrected chi connectivity index (χ4v) is 1.22. The number of hydrogen-bond acceptors (Lipinski definition) is 3. The second-order valence-electron chi connectivity index (χ2n) is 2.60. The first-order valence-electron chi connectivity index (χ1n) is 3.65. The highest BCUT2D eigenvalue weighted by Crippen LogP contribution is 2.13. The largest absolute Gasteiger partial charge is 0.478 e. The lowest BCUT2D eigenvalue weighted by atomic mass is 10.2. The summed E-state index contributed by atoms with van der Waals surface area (Å²) in [5.41, 5.74) is 6.21. The number of carboxylic acid groups (broad SMARTS) is 1. The maximum absolute atomic E-state index is 10.7. The van der Waals surface area contributed by atoms with Crippen molar-refractivity contribution in [3.63, 3.8) is 0 Å². The average molecular weight is 177 g/mol. The number of carbonyl (C=O) groups is 1. The lowest BCUT2D eigenvalue weighted by Crippen LogP contribution is -2.00. The van der Waals surface area contributed by atoms with Crippen molar-refractivity contribution in [1.29, 1.82) is 0 Å². The molecule has 0 aliphatic heterocycles. The van der Waals surface area contributed by atoms with E-state index in [4.69, 9.17) is 10.8 Å². The summed E-state index contributed by atoms with van der Waals surface area (Å²) in [7, 11) is 0. The molecule has 2 rings (SSSR count). The van der Waals surface area contributed by atoms with E-state index in [0.29, 0.717) is 5.52 Å². The molecular weight excluding hydrogens is 170 g/mol. The van der Waals surface area contributed by atoms with E-state index in [1.165, 1.54) is 16.7 Å². The molecule has 0 spiro atoms. The van der Waals surface area contributed by atoms with Crippen LogP contribution in [-0.2, 0) is 0 Å². The van der Waals surface area contributed by atoms with Gasteiger partial charge in [0.25, 0.3) is 0 Å². The van der Waals surface area contributed by atoms with E-state index in [2.05, 4.69) is 4.98 Å². The molecule has 2 aromatic rings. The summed E-state index contributed by atoms with van der Waals surface area (Å²) in [6.45, 7) is 0. The van der Waals surface area contributed by atoms with Gasteiger partial charge in [-0.05, 0) is 12.1 Å². The Morgan fingerprint density at radius 1 is 1.62 bits per heavy atom. The third-order valence-electron chi connectivity index (χ3n) is 1.83. The van der Waals surface area contributed by atoms with E-state index in [0.717, 1.165) is 0 Å². The number of imidazole rings is 1. The SMILES string of the molecule is Nc1ncc2c(C(=O)O)cccn12. The molecule has 5 nitrogen and oxygen atoms in total. The lowest BCUT2D eigenvalue weighted by molar-refractivity contribution is 0.0698. The van der Waals surface area contributed by atoms with Gasteiger partial charge in [-0.3, -0.25) is 4.40 Å². The quantitative estimate of drug-likeness (QED) is 0.668. The normalized spacial score (nSPS) is 10.5. The molecule has 0 bridgehead atoms. The van der Waals surface area contributed by atoms with Crippen LogP contribution in [0.5, 0.6) is 0 Å². The second-order valence-corrected chi connectivity index (χ2v) is 2.60. The van der Waals surface area contributed by atoms with Crippen LogP contribution in [-0.4, -0.2) is 20.5 Å². The number of aromatic nitrogens is 2. The Kier molecular flexibility index (Phi) is 1.45. The van der Waals surface area contributed by atoms with Crippen LogP contribution < -0.4 is 5.73 Å². The molecule has 3 N–H and O–H groups in total. The minimum atomic E-state index is -0.981. The molecule has 0 amide bonds. The van der Waals surface area contributed by atoms with Crippen LogP contribution in [0.3, 0.4) is 0 Å². The molecule has 0 fully saturated rings. The number of hydrogen-bond donors (Lipinski definition) is 2. The molecule has 0 unspecified atom stereocenters. The molecule has 0 aromatic carbocycles. The Balaban J connectivity index is 2.84. The van der Waals surface area contributed by atoms with Gasteiger partial charge in [-0.2, -0.15) is 0 Å². The third-order valence-corrected chi connectivity index (χ3v) is 1.83. The Morgan fingerprint density at radius 2 is 2.38 bits per heavy atom. The number of anilines is 1. The van der Waals surface area contributed by atoms with Crippen molar-refractivity contribution < 1.29 is 9.90 Å². The van der Waals surface area contributed by atoms with E-state index in [9.17, 15) is 4.79 Å². The number of nitrogen functional groups attached to an aromatic ring is 1. The van der Waals surface area contributed by atoms with Gasteiger partial charge in [0.15, 0.2) is 0 Å². The highest BCUT2D eigenvalue weighted by atomic mass is 16.4. The fourth-order valence-electron chi connectivity index (χ4n) is 1.22. The van der Waals surface area contributed by atoms with Crippen LogP contribution in [0.4, 0.5) is 5.95 Å². The minimum absolute atomic E-state index is 0.201. The van der Waals surface area contributed by atoms with Crippen LogP contribution in [0.15, 0.2) is 24.5 Å². The highest BCUT2D eigenvalue weighted by Gasteiger charge is 2.09. The van der Waals surface area contributed by atoms with E-state index >= 15 is 0 Å². The number of nitrogens with two attached hydrogens (primary N) is 1. The first-order valence-corrected chi connectivity index (χ1v) is 3.65. The molecule has 66 valence electrons. The minimum Gasteiger partial charge on any atom is -0.478 e. The molecule has 0 saturated heterocycles. The molecule has 13 heavy (non-hydrogen) atoms. The van der Waals surface area contributed by atoms with Crippen LogP contribution in [0, 0.1) is 0 Å². The summed E-state index contributed by atoms with van der Waals surface area (Å²) in [5.74, 6) is -0.691. The first-order chi connectivity index (χ1) is 6.20. The third kappa shape index (κ3) is 1.01. The zero-order valence-corrected chi connectivity index (χ0v) is 6.64. The summed E-state index contributed by atoms with van der Waals surface area (Å²) in [6.07, 6.45) is 3.11. The molecule has 0 aliphatic carbocycles. The first kappa shape index (κ1) is 7.60. The van der Waals surface area contributed by atoms with E-state index in [-0.39, 0.29) is 11.5 Å². The van der Waals surface area contributed by atoms with E-state index in [1.54, 1.807) is 12.3 Å². The molecule has 2 aromatic heterocycles. The standard InChI is InChI=1S/C8H7N3O2/c9-8-10-4-6-5(7(12)13)2-1-3-11(6)8/h1-4H,(H2,9,10)(H,12,13). The average Bonchev–Trinajstić information content (AvgIpc) is 2.48. The molecule has 0 atom stereocenters. The van der Waals surface area contributed by atoms with Crippen molar-refractivity contribution in [1.82, 2.24) is 9.38 Å². The second kappa shape index (κ2) is 2.48. The number of pyridine rings is 1. The summed E-state index contributed by atoms with van der Waals surface area (Å²) in [6, 6.07) is 3.13. The van der Waals surface area contributed by atoms with Gasteiger partial charge in [-0.25, -0.2) is 9.78 Å². The maximum Gasteiger partial charge on any atom is 0.337 e. The molecular formula is C8H7N3O2. The molecule has 0 radical (unpaired) electrons. The maximum atomic E-state index is 10.7. The van der Waals surface area contributed by atoms with Crippen molar-refractivity contribution in [2.75, 3.05) is 5.73 Å². The monoisotopic (exact) mass is 177 g/mol. The van der Waals surface area contributed by atoms with Crippen LogP contribution in [0.2, 0.25) is 0 Å². The Labute approximate surface area is 73.4 Å². The summed E-state index contributed by atoms with van der Waals surface area (Å²) >= 11 is 0. The van der Waals surface area contributed by atoms with Gasteiger partial charge in [-0.15, -0.1) is 0 Å². The Hall–Kier alpha value is -2.04. The highest BCUT2D eigenvalue weighted by molar-refractivity contribution is 5.95. The van der Waals surface area contributed by atoms with Crippen molar-refractivity contribution in [2.45, 2.75) is 0 Å². The number of aromatic carboxylic acids is 1. The number of nitrogens with zero attached hydrogens (tertiary/aromatic N) is 2. The summed E-state index contributed by atoms with van der Waals surface area (Å²) in [5, 5.41) is 8.81. The zero-order chi connectivity index (χ0) is 9.42. The molecule has 0 saturated carbocycles. The van der Waals surface area contributed by atoms with Gasteiger partial charge in [0.1, 0.15) is 0 Å². The summed E-state index contributed by atoms with van der Waals surface area (Å²) in [4.78, 5) is 14.6. The predicted molar refractivity (Wildman–Crippen MR) is 46.6 cm³/mol. The fraction of sp³-hybridized carbons (Fsp3) is 0. The smallest absolute Gasteiger partial charge is 0.337 e. The Morgan fingerprint density at radius 3 is 3.08 bits per heavy atom. The number of fused-ring (bicyclic) bond motifs is 1. The predicted octanol–water partition coefficient (Wildman–Crippen LogP) is 0.615. The van der Waals surface area contributed by atoms with Gasteiger partial charge >= 0.3 is 5.97 Å².